The lowest BCUT2D eigenvalue weighted by molar-refractivity contribution is -0.122. The van der Waals surface area contributed by atoms with E-state index in [-0.39, 0.29) is 23.8 Å². The summed E-state index contributed by atoms with van der Waals surface area (Å²) in [5, 5.41) is 2.61. The number of carbonyl (C=O) groups is 3. The molecule has 0 saturated carbocycles. The Morgan fingerprint density at radius 3 is 2.40 bits per heavy atom. The smallest absolute Gasteiger partial charge is 0.252 e. The van der Waals surface area contributed by atoms with Gasteiger partial charge in [0, 0.05) is 19.2 Å². The van der Waals surface area contributed by atoms with Crippen LogP contribution in [0.15, 0.2) is 71.1 Å². The molecule has 1 unspecified atom stereocenters. The highest BCUT2D eigenvalue weighted by molar-refractivity contribution is 7.89. The van der Waals surface area contributed by atoms with Gasteiger partial charge in [-0.3, -0.25) is 14.4 Å². The third kappa shape index (κ3) is 5.52. The van der Waals surface area contributed by atoms with Crippen LogP contribution in [-0.4, -0.2) is 43.0 Å². The maximum Gasteiger partial charge on any atom is 0.252 e. The van der Waals surface area contributed by atoms with Gasteiger partial charge in [-0.05, 0) is 68.5 Å². The third-order valence-electron chi connectivity index (χ3n) is 6.30. The van der Waals surface area contributed by atoms with Crippen LogP contribution in [-0.2, 0) is 24.4 Å². The summed E-state index contributed by atoms with van der Waals surface area (Å²) in [7, 11) is -4.10. The third-order valence-corrected chi connectivity index (χ3v) is 8.23. The topological polar surface area (TPSA) is 104 Å². The SMILES string of the molecule is CC(=O)Nc1ccc(S(=O)(=O)N(CCC2=CCCCC2)C2CC(=O)N(c3ccccc3)C2=O)cc1. The van der Waals surface area contributed by atoms with Gasteiger partial charge in [0.1, 0.15) is 6.04 Å². The van der Waals surface area contributed by atoms with Gasteiger partial charge in [-0.2, -0.15) is 4.31 Å². The molecule has 1 aliphatic heterocycles. The summed E-state index contributed by atoms with van der Waals surface area (Å²) in [6.07, 6.45) is 6.50. The van der Waals surface area contributed by atoms with E-state index in [0.29, 0.717) is 17.8 Å². The standard InChI is InChI=1S/C26H29N3O5S/c1-19(30)27-21-12-14-23(15-13-21)35(33,34)28(17-16-20-8-4-2-5-9-20)24-18-25(31)29(26(24)32)22-10-6-3-7-11-22/h3,6-8,10-15,24H,2,4-5,9,16-18H2,1H3,(H,27,30). The molecule has 0 spiro atoms. The van der Waals surface area contributed by atoms with Crippen molar-refractivity contribution in [1.82, 2.24) is 4.31 Å². The molecule has 35 heavy (non-hydrogen) atoms. The average molecular weight is 496 g/mol. The summed E-state index contributed by atoms with van der Waals surface area (Å²) in [6, 6.07) is 13.3. The van der Waals surface area contributed by atoms with E-state index >= 15 is 0 Å². The first-order valence-corrected chi connectivity index (χ1v) is 13.2. The van der Waals surface area contributed by atoms with Gasteiger partial charge in [-0.15, -0.1) is 0 Å². The van der Waals surface area contributed by atoms with E-state index in [0.717, 1.165) is 30.6 Å². The molecule has 1 heterocycles. The number of hydrogen-bond donors (Lipinski definition) is 1. The number of imide groups is 1. The molecule has 1 aliphatic carbocycles. The van der Waals surface area contributed by atoms with Crippen LogP contribution in [0.25, 0.3) is 0 Å². The van der Waals surface area contributed by atoms with Crippen LogP contribution >= 0.6 is 0 Å². The Bertz CT molecular complexity index is 1240. The molecule has 0 radical (unpaired) electrons. The molecule has 1 atom stereocenters. The van der Waals surface area contributed by atoms with E-state index in [2.05, 4.69) is 11.4 Å². The van der Waals surface area contributed by atoms with E-state index < -0.39 is 27.9 Å². The van der Waals surface area contributed by atoms with Crippen molar-refractivity contribution in [2.24, 2.45) is 0 Å². The quantitative estimate of drug-likeness (QED) is 0.442. The zero-order valence-corrected chi connectivity index (χ0v) is 20.5. The lowest BCUT2D eigenvalue weighted by atomic mass is 9.97. The van der Waals surface area contributed by atoms with E-state index in [1.54, 1.807) is 30.3 Å². The number of amides is 3. The minimum atomic E-state index is -4.10. The van der Waals surface area contributed by atoms with Gasteiger partial charge in [0.15, 0.2) is 0 Å². The highest BCUT2D eigenvalue weighted by Gasteiger charge is 2.46. The Kier molecular flexibility index (Phi) is 7.47. The number of benzene rings is 2. The number of allylic oxidation sites excluding steroid dienone is 1. The number of para-hydroxylation sites is 1. The van der Waals surface area contributed by atoms with Crippen LogP contribution in [0.4, 0.5) is 11.4 Å². The van der Waals surface area contributed by atoms with Gasteiger partial charge in [0.05, 0.1) is 17.0 Å². The molecule has 0 aromatic heterocycles. The second-order valence-corrected chi connectivity index (χ2v) is 10.7. The van der Waals surface area contributed by atoms with E-state index in [4.69, 9.17) is 0 Å². The summed E-state index contributed by atoms with van der Waals surface area (Å²) in [4.78, 5) is 38.6. The second kappa shape index (κ2) is 10.5. The second-order valence-electron chi connectivity index (χ2n) is 8.80. The predicted molar refractivity (Wildman–Crippen MR) is 133 cm³/mol. The molecule has 1 fully saturated rings. The van der Waals surface area contributed by atoms with Gasteiger partial charge in [0.2, 0.25) is 21.8 Å². The fourth-order valence-electron chi connectivity index (χ4n) is 4.57. The molecular weight excluding hydrogens is 466 g/mol. The molecule has 2 aromatic rings. The van der Waals surface area contributed by atoms with Crippen molar-refractivity contribution < 1.29 is 22.8 Å². The fourth-order valence-corrected chi connectivity index (χ4v) is 6.15. The molecule has 2 aromatic carbocycles. The zero-order chi connectivity index (χ0) is 25.0. The van der Waals surface area contributed by atoms with Gasteiger partial charge < -0.3 is 5.32 Å². The van der Waals surface area contributed by atoms with E-state index in [9.17, 15) is 22.8 Å². The summed E-state index contributed by atoms with van der Waals surface area (Å²) in [6.45, 7) is 1.47. The molecule has 4 rings (SSSR count). The number of nitrogens with one attached hydrogen (secondary N) is 1. The van der Waals surface area contributed by atoms with Crippen LogP contribution in [0.3, 0.4) is 0 Å². The molecule has 8 nitrogen and oxygen atoms in total. The summed E-state index contributed by atoms with van der Waals surface area (Å²) < 4.78 is 28.7. The summed E-state index contributed by atoms with van der Waals surface area (Å²) in [5.41, 5.74) is 2.07. The van der Waals surface area contributed by atoms with Gasteiger partial charge in [0.25, 0.3) is 5.91 Å². The molecule has 2 aliphatic rings. The minimum Gasteiger partial charge on any atom is -0.326 e. The first-order valence-electron chi connectivity index (χ1n) is 11.8. The maximum atomic E-state index is 13.8. The Hall–Kier alpha value is -3.30. The first-order chi connectivity index (χ1) is 16.8. The van der Waals surface area contributed by atoms with E-state index in [1.165, 1.54) is 41.1 Å². The van der Waals surface area contributed by atoms with Crippen molar-refractivity contribution >= 4 is 39.1 Å². The van der Waals surface area contributed by atoms with Crippen molar-refractivity contribution in [3.8, 4) is 0 Å². The van der Waals surface area contributed by atoms with Crippen LogP contribution in [0.5, 0.6) is 0 Å². The van der Waals surface area contributed by atoms with Crippen LogP contribution in [0.2, 0.25) is 0 Å². The lowest BCUT2D eigenvalue weighted by Crippen LogP contribution is -2.46. The fraction of sp³-hybridized carbons (Fsp3) is 0.346. The summed E-state index contributed by atoms with van der Waals surface area (Å²) in [5.74, 6) is -1.24. The highest BCUT2D eigenvalue weighted by Crippen LogP contribution is 2.31. The van der Waals surface area contributed by atoms with Crippen LogP contribution < -0.4 is 10.2 Å². The Balaban J connectivity index is 1.65. The van der Waals surface area contributed by atoms with Crippen molar-refractivity contribution in [2.45, 2.75) is 56.4 Å². The molecule has 3 amide bonds. The largest absolute Gasteiger partial charge is 0.326 e. The molecule has 184 valence electrons. The van der Waals surface area contributed by atoms with E-state index in [1.807, 2.05) is 0 Å². The van der Waals surface area contributed by atoms with Gasteiger partial charge in [-0.1, -0.05) is 29.8 Å². The molecule has 1 saturated heterocycles. The molecule has 1 N–H and O–H groups in total. The number of hydrogen-bond acceptors (Lipinski definition) is 5. The zero-order valence-electron chi connectivity index (χ0n) is 19.6. The number of carbonyl (C=O) groups excluding carboxylic acids is 3. The average Bonchev–Trinajstić information content (AvgIpc) is 3.13. The Labute approximate surface area is 205 Å². The Morgan fingerprint density at radius 2 is 1.77 bits per heavy atom. The van der Waals surface area contributed by atoms with Crippen LogP contribution in [0, 0.1) is 0 Å². The van der Waals surface area contributed by atoms with Crippen LogP contribution in [0.1, 0.15) is 45.4 Å². The van der Waals surface area contributed by atoms with Crippen molar-refractivity contribution in [1.29, 1.82) is 0 Å². The van der Waals surface area contributed by atoms with Gasteiger partial charge >= 0.3 is 0 Å². The number of nitrogens with zero attached hydrogens (tertiary/aromatic N) is 2. The monoisotopic (exact) mass is 495 g/mol. The predicted octanol–water partition coefficient (Wildman–Crippen LogP) is 3.86. The number of rotatable bonds is 8. The molecule has 0 bridgehead atoms. The minimum absolute atomic E-state index is 0.00244. The van der Waals surface area contributed by atoms with Crippen molar-refractivity contribution in [3.05, 3.63) is 66.2 Å². The number of sulfonamides is 1. The first kappa shape index (κ1) is 24.8. The van der Waals surface area contributed by atoms with Crippen molar-refractivity contribution in [2.75, 3.05) is 16.8 Å². The molecular formula is C26H29N3O5S. The molecule has 9 heteroatoms. The normalized spacial score (nSPS) is 18.6. The number of anilines is 2. The highest BCUT2D eigenvalue weighted by atomic mass is 32.2. The van der Waals surface area contributed by atoms with Gasteiger partial charge in [-0.25, -0.2) is 13.3 Å². The summed E-state index contributed by atoms with van der Waals surface area (Å²) >= 11 is 0. The maximum absolute atomic E-state index is 13.8. The van der Waals surface area contributed by atoms with Crippen molar-refractivity contribution in [3.63, 3.8) is 0 Å². The Morgan fingerprint density at radius 1 is 1.06 bits per heavy atom. The lowest BCUT2D eigenvalue weighted by Gasteiger charge is -2.28.